The van der Waals surface area contributed by atoms with Crippen molar-refractivity contribution in [3.8, 4) is 0 Å². The lowest BCUT2D eigenvalue weighted by atomic mass is 10.2. The number of carbonyl (C=O) groups excluding carboxylic acids is 1. The molecule has 1 aromatic rings. The average Bonchev–Trinajstić information content (AvgIpc) is 2.29. The van der Waals surface area contributed by atoms with Gasteiger partial charge in [-0.2, -0.15) is 0 Å². The second kappa shape index (κ2) is 6.15. The van der Waals surface area contributed by atoms with Crippen molar-refractivity contribution in [3.05, 3.63) is 34.9 Å². The van der Waals surface area contributed by atoms with Crippen LogP contribution in [0.3, 0.4) is 0 Å². The summed E-state index contributed by atoms with van der Waals surface area (Å²) in [5.74, 6) is -0.555. The van der Waals surface area contributed by atoms with Crippen LogP contribution in [0.2, 0.25) is 5.02 Å². The van der Waals surface area contributed by atoms with Crippen molar-refractivity contribution < 1.29 is 9.90 Å². The van der Waals surface area contributed by atoms with Gasteiger partial charge in [0.25, 0.3) is 5.91 Å². The van der Waals surface area contributed by atoms with E-state index in [4.69, 9.17) is 16.7 Å². The highest BCUT2D eigenvalue weighted by molar-refractivity contribution is 6.30. The van der Waals surface area contributed by atoms with Gasteiger partial charge in [-0.25, -0.2) is 4.99 Å². The third-order valence-electron chi connectivity index (χ3n) is 1.87. The lowest BCUT2D eigenvalue weighted by Crippen LogP contribution is -2.20. The van der Waals surface area contributed by atoms with Crippen LogP contribution in [-0.2, 0) is 4.79 Å². The molecule has 1 amide bonds. The van der Waals surface area contributed by atoms with E-state index in [1.807, 2.05) is 0 Å². The summed E-state index contributed by atoms with van der Waals surface area (Å²) in [5, 5.41) is 9.49. The molecule has 1 unspecified atom stereocenters. The van der Waals surface area contributed by atoms with Crippen molar-refractivity contribution in [3.63, 3.8) is 0 Å². The number of amides is 1. The molecule has 1 N–H and O–H groups in total. The maximum Gasteiger partial charge on any atom is 0.272 e. The van der Waals surface area contributed by atoms with Gasteiger partial charge in [0.2, 0.25) is 0 Å². The number of hydrogen-bond acceptors (Lipinski definition) is 3. The Morgan fingerprint density at radius 2 is 2.38 bits per heavy atom. The Bertz CT molecular complexity index is 418. The van der Waals surface area contributed by atoms with Gasteiger partial charge in [0, 0.05) is 11.2 Å². The Morgan fingerprint density at radius 3 is 2.94 bits per heavy atom. The Kier molecular flexibility index (Phi) is 4.82. The molecule has 0 heterocycles. The third kappa shape index (κ3) is 3.56. The summed E-state index contributed by atoms with van der Waals surface area (Å²) >= 11 is 5.78. The van der Waals surface area contributed by atoms with E-state index in [-0.39, 0.29) is 0 Å². The number of rotatable bonds is 4. The van der Waals surface area contributed by atoms with Crippen LogP contribution in [0.4, 0.5) is 0 Å². The fourth-order valence-corrected chi connectivity index (χ4v) is 1.26. The van der Waals surface area contributed by atoms with Gasteiger partial charge >= 0.3 is 0 Å². The maximum atomic E-state index is 11.1. The summed E-state index contributed by atoms with van der Waals surface area (Å²) < 4.78 is 0. The van der Waals surface area contributed by atoms with E-state index in [0.29, 0.717) is 5.02 Å². The van der Waals surface area contributed by atoms with Gasteiger partial charge in [0.1, 0.15) is 0 Å². The zero-order chi connectivity index (χ0) is 12.0. The van der Waals surface area contributed by atoms with Gasteiger partial charge < -0.3 is 5.11 Å². The topological polar surface area (TPSA) is 62.0 Å². The maximum absolute atomic E-state index is 11.1. The zero-order valence-electron chi connectivity index (χ0n) is 8.51. The van der Waals surface area contributed by atoms with Gasteiger partial charge in [-0.05, 0) is 24.4 Å². The molecule has 0 fully saturated rings. The summed E-state index contributed by atoms with van der Waals surface area (Å²) in [5.41, 5.74) is 0.753. The normalized spacial score (nSPS) is 12.6. The predicted molar refractivity (Wildman–Crippen MR) is 64.5 cm³/mol. The fraction of sp³-hybridized carbons (Fsp3) is 0.182. The summed E-state index contributed by atoms with van der Waals surface area (Å²) in [6.07, 6.45) is 1.47. The lowest BCUT2D eigenvalue weighted by molar-refractivity contribution is -0.119. The minimum Gasteiger partial charge on any atom is -0.394 e. The molecule has 16 heavy (non-hydrogen) atoms. The smallest absolute Gasteiger partial charge is 0.272 e. The minimum absolute atomic E-state index is 0.394. The Labute approximate surface area is 98.3 Å². The number of halogens is 1. The van der Waals surface area contributed by atoms with Crippen LogP contribution in [0.15, 0.2) is 34.3 Å². The van der Waals surface area contributed by atoms with Crippen molar-refractivity contribution in [1.29, 1.82) is 0 Å². The molecule has 0 radical (unpaired) electrons. The predicted octanol–water partition coefficient (Wildman–Crippen LogP) is 1.35. The molecule has 1 atom stereocenters. The fourth-order valence-electron chi connectivity index (χ4n) is 1.06. The van der Waals surface area contributed by atoms with Gasteiger partial charge in [0.05, 0.1) is 6.61 Å². The van der Waals surface area contributed by atoms with E-state index in [1.165, 1.54) is 6.21 Å². The summed E-state index contributed by atoms with van der Waals surface area (Å²) in [4.78, 5) is 18.2. The van der Waals surface area contributed by atoms with E-state index in [0.717, 1.165) is 5.56 Å². The molecule has 84 valence electrons. The van der Waals surface area contributed by atoms with E-state index in [1.54, 1.807) is 24.3 Å². The zero-order valence-corrected chi connectivity index (χ0v) is 9.26. The standard InChI is InChI=1S/C11H11ClN2O2/c1-13-11(16)10(7-15)14-6-8-3-2-4-9(12)5-8/h2-6,10,15H,1,7H2. The summed E-state index contributed by atoms with van der Waals surface area (Å²) in [6, 6.07) is 6.10. The van der Waals surface area contributed by atoms with Crippen molar-refractivity contribution in [2.24, 2.45) is 9.98 Å². The van der Waals surface area contributed by atoms with Crippen molar-refractivity contribution >= 4 is 30.4 Å². The van der Waals surface area contributed by atoms with E-state index in [2.05, 4.69) is 16.7 Å². The van der Waals surface area contributed by atoms with E-state index < -0.39 is 18.6 Å². The molecule has 0 aromatic heterocycles. The molecule has 0 saturated heterocycles. The number of aliphatic imine (C=N–C) groups is 2. The molecule has 5 heteroatoms. The average molecular weight is 239 g/mol. The van der Waals surface area contributed by atoms with Gasteiger partial charge in [-0.3, -0.25) is 9.79 Å². The van der Waals surface area contributed by atoms with Crippen LogP contribution in [-0.4, -0.2) is 36.6 Å². The molecule has 0 saturated carbocycles. The van der Waals surface area contributed by atoms with E-state index >= 15 is 0 Å². The number of aliphatic hydroxyl groups is 1. The first-order chi connectivity index (χ1) is 7.67. The van der Waals surface area contributed by atoms with Crippen LogP contribution in [0.25, 0.3) is 0 Å². The minimum atomic E-state index is -0.892. The summed E-state index contributed by atoms with van der Waals surface area (Å²) in [6.45, 7) is 2.70. The van der Waals surface area contributed by atoms with Crippen molar-refractivity contribution in [2.75, 3.05) is 6.61 Å². The number of benzene rings is 1. The monoisotopic (exact) mass is 238 g/mol. The first-order valence-corrected chi connectivity index (χ1v) is 4.95. The highest BCUT2D eigenvalue weighted by atomic mass is 35.5. The molecule has 0 bridgehead atoms. The lowest BCUT2D eigenvalue weighted by Gasteiger charge is -2.02. The number of carbonyl (C=O) groups is 1. The summed E-state index contributed by atoms with van der Waals surface area (Å²) in [7, 11) is 0. The van der Waals surface area contributed by atoms with Crippen molar-refractivity contribution in [2.45, 2.75) is 6.04 Å². The number of aliphatic hydroxyl groups excluding tert-OH is 1. The first-order valence-electron chi connectivity index (χ1n) is 4.57. The van der Waals surface area contributed by atoms with Crippen LogP contribution in [0, 0.1) is 0 Å². The molecular weight excluding hydrogens is 228 g/mol. The van der Waals surface area contributed by atoms with Crippen LogP contribution < -0.4 is 0 Å². The Hall–Kier alpha value is -1.52. The van der Waals surface area contributed by atoms with Gasteiger partial charge in [-0.1, -0.05) is 23.7 Å². The van der Waals surface area contributed by atoms with Crippen LogP contribution >= 0.6 is 11.6 Å². The molecular formula is C11H11ClN2O2. The molecule has 0 spiro atoms. The largest absolute Gasteiger partial charge is 0.394 e. The SMILES string of the molecule is C=NC(=O)C(CO)N=Cc1cccc(Cl)c1. The molecule has 4 nitrogen and oxygen atoms in total. The van der Waals surface area contributed by atoms with E-state index in [9.17, 15) is 4.79 Å². The van der Waals surface area contributed by atoms with Crippen LogP contribution in [0.1, 0.15) is 5.56 Å². The van der Waals surface area contributed by atoms with Gasteiger partial charge in [-0.15, -0.1) is 0 Å². The quantitative estimate of drug-likeness (QED) is 0.805. The van der Waals surface area contributed by atoms with Crippen molar-refractivity contribution in [1.82, 2.24) is 0 Å². The number of hydrogen-bond donors (Lipinski definition) is 1. The molecule has 0 aliphatic heterocycles. The molecule has 0 aliphatic rings. The second-order valence-corrected chi connectivity index (χ2v) is 3.46. The highest BCUT2D eigenvalue weighted by Gasteiger charge is 2.12. The first kappa shape index (κ1) is 12.5. The number of nitrogens with zero attached hydrogens (tertiary/aromatic N) is 2. The molecule has 1 rings (SSSR count). The third-order valence-corrected chi connectivity index (χ3v) is 2.10. The second-order valence-electron chi connectivity index (χ2n) is 3.03. The van der Waals surface area contributed by atoms with Crippen LogP contribution in [0.5, 0.6) is 0 Å². The van der Waals surface area contributed by atoms with Gasteiger partial charge in [0.15, 0.2) is 6.04 Å². The highest BCUT2D eigenvalue weighted by Crippen LogP contribution is 2.09. The molecule has 0 aliphatic carbocycles. The Morgan fingerprint density at radius 1 is 1.62 bits per heavy atom. The Balaban J connectivity index is 2.78. The molecule has 1 aromatic carbocycles.